The van der Waals surface area contributed by atoms with E-state index in [2.05, 4.69) is 35.5 Å². The number of rotatable bonds is 6. The summed E-state index contributed by atoms with van der Waals surface area (Å²) < 4.78 is 34.3. The Bertz CT molecular complexity index is 646. The average molecular weight is 340 g/mol. The van der Waals surface area contributed by atoms with Gasteiger partial charge in [-0.25, -0.2) is 0 Å². The lowest BCUT2D eigenvalue weighted by atomic mass is 10.2. The van der Waals surface area contributed by atoms with Crippen molar-refractivity contribution >= 4 is 11.6 Å². The van der Waals surface area contributed by atoms with Crippen molar-refractivity contribution in [3.05, 3.63) is 18.5 Å². The number of ether oxygens (including phenoxy) is 2. The lowest BCUT2D eigenvalue weighted by molar-refractivity contribution is -0.0528. The summed E-state index contributed by atoms with van der Waals surface area (Å²) >= 11 is 0. The molecular formula is C14H18F2N6O2. The molecule has 8 nitrogen and oxygen atoms in total. The van der Waals surface area contributed by atoms with Crippen molar-refractivity contribution in [2.75, 3.05) is 18.4 Å². The molecule has 0 amide bonds. The number of anilines is 2. The number of aromatic amines is 1. The summed E-state index contributed by atoms with van der Waals surface area (Å²) in [5.74, 6) is 0.969. The van der Waals surface area contributed by atoms with Crippen molar-refractivity contribution in [2.45, 2.75) is 32.0 Å². The Labute approximate surface area is 137 Å². The molecule has 130 valence electrons. The molecule has 3 N–H and O–H groups in total. The molecule has 2 aromatic rings. The fraction of sp³-hybridized carbons (Fsp3) is 0.500. The molecule has 0 aromatic carbocycles. The highest BCUT2D eigenvalue weighted by Gasteiger charge is 2.15. The van der Waals surface area contributed by atoms with Gasteiger partial charge < -0.3 is 20.1 Å². The van der Waals surface area contributed by atoms with Gasteiger partial charge in [0.05, 0.1) is 12.4 Å². The highest BCUT2D eigenvalue weighted by atomic mass is 19.3. The number of halogens is 2. The first-order valence-corrected chi connectivity index (χ1v) is 7.66. The summed E-state index contributed by atoms with van der Waals surface area (Å²) in [6, 6.07) is 1.30. The van der Waals surface area contributed by atoms with Crippen molar-refractivity contribution in [1.82, 2.24) is 25.5 Å². The van der Waals surface area contributed by atoms with Gasteiger partial charge in [-0.15, -0.1) is 5.10 Å². The fourth-order valence-corrected chi connectivity index (χ4v) is 2.40. The van der Waals surface area contributed by atoms with Crippen LogP contribution in [0.3, 0.4) is 0 Å². The molecule has 0 saturated carbocycles. The Morgan fingerprint density at radius 1 is 1.21 bits per heavy atom. The third-order valence-corrected chi connectivity index (χ3v) is 3.45. The summed E-state index contributed by atoms with van der Waals surface area (Å²) in [4.78, 5) is 8.38. The number of nitrogens with zero attached hydrogens (tertiary/aromatic N) is 3. The maximum atomic E-state index is 12.1. The van der Waals surface area contributed by atoms with E-state index in [0.29, 0.717) is 17.5 Å². The van der Waals surface area contributed by atoms with E-state index in [-0.39, 0.29) is 12.0 Å². The second-order valence-corrected chi connectivity index (χ2v) is 5.29. The van der Waals surface area contributed by atoms with E-state index in [1.165, 1.54) is 12.3 Å². The van der Waals surface area contributed by atoms with Gasteiger partial charge in [0.2, 0.25) is 11.8 Å². The number of nitrogens with one attached hydrogen (secondary N) is 3. The molecule has 24 heavy (non-hydrogen) atoms. The van der Waals surface area contributed by atoms with Gasteiger partial charge in [0.25, 0.3) is 0 Å². The van der Waals surface area contributed by atoms with Crippen LogP contribution in [0.5, 0.6) is 11.8 Å². The monoisotopic (exact) mass is 340 g/mol. The SMILES string of the molecule is FC(F)Oc1cc(Nc2cncc(O[C@@H]3CCCNCC3)n2)[nH]n1. The highest BCUT2D eigenvalue weighted by Crippen LogP contribution is 2.20. The normalized spacial score (nSPS) is 18.2. The van der Waals surface area contributed by atoms with Gasteiger partial charge in [0, 0.05) is 6.07 Å². The van der Waals surface area contributed by atoms with Crippen molar-refractivity contribution in [2.24, 2.45) is 0 Å². The molecule has 1 fully saturated rings. The van der Waals surface area contributed by atoms with Crippen molar-refractivity contribution < 1.29 is 18.3 Å². The first-order valence-electron chi connectivity index (χ1n) is 7.66. The molecule has 1 atom stereocenters. The molecule has 0 spiro atoms. The van der Waals surface area contributed by atoms with Gasteiger partial charge >= 0.3 is 6.61 Å². The highest BCUT2D eigenvalue weighted by molar-refractivity contribution is 5.51. The molecule has 0 bridgehead atoms. The number of hydrogen-bond acceptors (Lipinski definition) is 7. The second-order valence-electron chi connectivity index (χ2n) is 5.29. The van der Waals surface area contributed by atoms with E-state index in [4.69, 9.17) is 4.74 Å². The minimum absolute atomic E-state index is 0.0998. The minimum Gasteiger partial charge on any atom is -0.473 e. The summed E-state index contributed by atoms with van der Waals surface area (Å²) in [6.45, 7) is -1.01. The summed E-state index contributed by atoms with van der Waals surface area (Å²) in [5, 5.41) is 12.3. The zero-order valence-corrected chi connectivity index (χ0v) is 12.8. The first-order chi connectivity index (χ1) is 11.7. The third-order valence-electron chi connectivity index (χ3n) is 3.45. The van der Waals surface area contributed by atoms with Gasteiger partial charge in [-0.3, -0.25) is 10.1 Å². The van der Waals surface area contributed by atoms with E-state index >= 15 is 0 Å². The Balaban J connectivity index is 1.61. The Morgan fingerprint density at radius 2 is 2.12 bits per heavy atom. The quantitative estimate of drug-likeness (QED) is 0.740. The Kier molecular flexibility index (Phi) is 5.36. The molecular weight excluding hydrogens is 322 g/mol. The molecule has 0 aliphatic carbocycles. The van der Waals surface area contributed by atoms with Crippen LogP contribution < -0.4 is 20.1 Å². The van der Waals surface area contributed by atoms with E-state index in [0.717, 1.165) is 32.4 Å². The van der Waals surface area contributed by atoms with Crippen LogP contribution in [0.4, 0.5) is 20.4 Å². The number of H-pyrrole nitrogens is 1. The molecule has 1 aliphatic heterocycles. The van der Waals surface area contributed by atoms with E-state index < -0.39 is 6.61 Å². The molecule has 2 aromatic heterocycles. The molecule has 1 aliphatic rings. The number of hydrogen-bond donors (Lipinski definition) is 3. The largest absolute Gasteiger partial charge is 0.473 e. The lowest BCUT2D eigenvalue weighted by Crippen LogP contribution is -2.20. The van der Waals surface area contributed by atoms with Crippen LogP contribution in [-0.4, -0.2) is 46.0 Å². The van der Waals surface area contributed by atoms with Gasteiger partial charge in [-0.1, -0.05) is 0 Å². The molecule has 3 heterocycles. The van der Waals surface area contributed by atoms with Crippen molar-refractivity contribution in [3.63, 3.8) is 0 Å². The molecule has 10 heteroatoms. The fourth-order valence-electron chi connectivity index (χ4n) is 2.40. The summed E-state index contributed by atoms with van der Waals surface area (Å²) in [5.41, 5.74) is 0. The van der Waals surface area contributed by atoms with E-state index in [9.17, 15) is 8.78 Å². The van der Waals surface area contributed by atoms with Crippen LogP contribution >= 0.6 is 0 Å². The first kappa shape index (κ1) is 16.4. The molecule has 0 unspecified atom stereocenters. The second kappa shape index (κ2) is 7.86. The van der Waals surface area contributed by atoms with Crippen molar-refractivity contribution in [1.29, 1.82) is 0 Å². The summed E-state index contributed by atoms with van der Waals surface area (Å²) in [7, 11) is 0. The van der Waals surface area contributed by atoms with Gasteiger partial charge in [0.15, 0.2) is 5.82 Å². The van der Waals surface area contributed by atoms with Crippen LogP contribution in [0.1, 0.15) is 19.3 Å². The Hall–Kier alpha value is -2.49. The maximum Gasteiger partial charge on any atom is 0.388 e. The van der Waals surface area contributed by atoms with Gasteiger partial charge in [-0.2, -0.15) is 13.8 Å². The van der Waals surface area contributed by atoms with Crippen LogP contribution in [0.2, 0.25) is 0 Å². The summed E-state index contributed by atoms with van der Waals surface area (Å²) in [6.07, 6.45) is 6.06. The van der Waals surface area contributed by atoms with E-state index in [1.54, 1.807) is 6.20 Å². The Morgan fingerprint density at radius 3 is 3.00 bits per heavy atom. The van der Waals surface area contributed by atoms with Crippen LogP contribution in [-0.2, 0) is 0 Å². The van der Waals surface area contributed by atoms with Crippen LogP contribution in [0.25, 0.3) is 0 Å². The lowest BCUT2D eigenvalue weighted by Gasteiger charge is -2.15. The molecule has 0 radical (unpaired) electrons. The maximum absolute atomic E-state index is 12.1. The third kappa shape index (κ3) is 4.75. The number of alkyl halides is 2. The van der Waals surface area contributed by atoms with E-state index in [1.807, 2.05) is 0 Å². The number of aromatic nitrogens is 4. The topological polar surface area (TPSA) is 97.0 Å². The average Bonchev–Trinajstić information content (AvgIpc) is 2.81. The minimum atomic E-state index is -2.92. The zero-order valence-electron chi connectivity index (χ0n) is 12.8. The van der Waals surface area contributed by atoms with Gasteiger partial charge in [0.1, 0.15) is 11.9 Å². The molecule has 3 rings (SSSR count). The van der Waals surface area contributed by atoms with Gasteiger partial charge in [-0.05, 0) is 32.4 Å². The van der Waals surface area contributed by atoms with Crippen LogP contribution in [0, 0.1) is 0 Å². The van der Waals surface area contributed by atoms with Crippen LogP contribution in [0.15, 0.2) is 18.5 Å². The van der Waals surface area contributed by atoms with Crippen molar-refractivity contribution in [3.8, 4) is 11.8 Å². The predicted molar refractivity (Wildman–Crippen MR) is 81.7 cm³/mol. The molecule has 1 saturated heterocycles. The smallest absolute Gasteiger partial charge is 0.388 e. The predicted octanol–water partition coefficient (Wildman–Crippen LogP) is 2.07. The zero-order chi connectivity index (χ0) is 16.8. The standard InChI is InChI=1S/C14H18F2N6O2/c15-14(16)24-12-6-10(21-22-12)19-11-7-18-8-13(20-11)23-9-2-1-4-17-5-3-9/h6-9,14,17H,1-5H2,(H2,19,20,21,22)/t9-/m1/s1.